The highest BCUT2D eigenvalue weighted by Gasteiger charge is 2.57. The number of rotatable bonds is 4. The molecule has 0 spiro atoms. The average Bonchev–Trinajstić information content (AvgIpc) is 3.27. The molecule has 6 nitrogen and oxygen atoms in total. The van der Waals surface area contributed by atoms with Gasteiger partial charge in [-0.25, -0.2) is 0 Å². The minimum Gasteiger partial charge on any atom is -0.373 e. The van der Waals surface area contributed by atoms with E-state index >= 15 is 0 Å². The molecule has 0 aromatic heterocycles. The maximum absolute atomic E-state index is 14.0. The zero-order chi connectivity index (χ0) is 23.4. The number of nitrogens with zero attached hydrogens (tertiary/aromatic N) is 3. The third kappa shape index (κ3) is 4.31. The Morgan fingerprint density at radius 3 is 2.03 bits per heavy atom. The van der Waals surface area contributed by atoms with Crippen molar-refractivity contribution in [2.24, 2.45) is 29.1 Å². The highest BCUT2D eigenvalue weighted by molar-refractivity contribution is 5.91. The molecule has 7 aliphatic rings. The Bertz CT molecular complexity index is 746. The van der Waals surface area contributed by atoms with E-state index in [1.54, 1.807) is 0 Å². The molecule has 7 rings (SSSR count). The second kappa shape index (κ2) is 9.06. The lowest BCUT2D eigenvalue weighted by Gasteiger charge is -2.56. The van der Waals surface area contributed by atoms with Gasteiger partial charge in [-0.1, -0.05) is 0 Å². The highest BCUT2D eigenvalue weighted by atomic mass is 16.5. The van der Waals surface area contributed by atoms with Gasteiger partial charge in [0.05, 0.1) is 17.6 Å². The molecule has 3 aliphatic heterocycles. The topological polar surface area (TPSA) is 53.1 Å². The summed E-state index contributed by atoms with van der Waals surface area (Å²) in [7, 11) is 0. The maximum Gasteiger partial charge on any atom is 0.245 e. The number of carbonyl (C=O) groups is 2. The summed E-state index contributed by atoms with van der Waals surface area (Å²) in [6, 6.07) is -0.196. The quantitative estimate of drug-likeness (QED) is 0.629. The van der Waals surface area contributed by atoms with Crippen molar-refractivity contribution in [2.75, 3.05) is 39.3 Å². The zero-order valence-corrected chi connectivity index (χ0v) is 21.4. The minimum absolute atomic E-state index is 0.128. The summed E-state index contributed by atoms with van der Waals surface area (Å²) < 4.78 is 5.89. The summed E-state index contributed by atoms with van der Waals surface area (Å²) in [6.07, 6.45) is 12.0. The van der Waals surface area contributed by atoms with Gasteiger partial charge in [-0.2, -0.15) is 0 Å². The highest BCUT2D eigenvalue weighted by Crippen LogP contribution is 2.60. The zero-order valence-electron chi connectivity index (χ0n) is 21.4. The van der Waals surface area contributed by atoms with Gasteiger partial charge in [0.2, 0.25) is 11.8 Å². The van der Waals surface area contributed by atoms with Crippen LogP contribution in [-0.2, 0) is 14.3 Å². The Kier molecular flexibility index (Phi) is 6.20. The van der Waals surface area contributed by atoms with Gasteiger partial charge in [-0.15, -0.1) is 0 Å². The Morgan fingerprint density at radius 2 is 1.44 bits per heavy atom. The summed E-state index contributed by atoms with van der Waals surface area (Å²) in [4.78, 5) is 34.3. The van der Waals surface area contributed by atoms with Crippen LogP contribution in [0, 0.1) is 29.1 Å². The first-order valence-corrected chi connectivity index (χ1v) is 14.4. The molecule has 4 aliphatic carbocycles. The van der Waals surface area contributed by atoms with Crippen molar-refractivity contribution in [3.8, 4) is 0 Å². The molecule has 6 heteroatoms. The van der Waals surface area contributed by atoms with E-state index in [1.807, 2.05) is 0 Å². The van der Waals surface area contributed by atoms with Crippen LogP contribution in [0.2, 0.25) is 0 Å². The van der Waals surface area contributed by atoms with E-state index in [2.05, 4.69) is 28.5 Å². The molecule has 3 heterocycles. The molecule has 0 radical (unpaired) electrons. The van der Waals surface area contributed by atoms with Gasteiger partial charge in [0.1, 0.15) is 6.04 Å². The van der Waals surface area contributed by atoms with E-state index in [4.69, 9.17) is 4.74 Å². The van der Waals surface area contributed by atoms with Crippen LogP contribution in [0.1, 0.15) is 78.1 Å². The summed E-state index contributed by atoms with van der Waals surface area (Å²) in [5, 5.41) is 0. The van der Waals surface area contributed by atoms with Crippen LogP contribution in [0.5, 0.6) is 0 Å². The number of morpholine rings is 1. The first-order valence-electron chi connectivity index (χ1n) is 14.4. The first-order chi connectivity index (χ1) is 16.4. The van der Waals surface area contributed by atoms with Crippen molar-refractivity contribution in [1.29, 1.82) is 0 Å². The number of likely N-dealkylation sites (tertiary alicyclic amines) is 2. The third-order valence-electron chi connectivity index (χ3n) is 10.2. The van der Waals surface area contributed by atoms with E-state index < -0.39 is 0 Å². The second-order valence-electron chi connectivity index (χ2n) is 13.1. The average molecular weight is 472 g/mol. The molecule has 2 amide bonds. The van der Waals surface area contributed by atoms with E-state index in [9.17, 15) is 9.59 Å². The summed E-state index contributed by atoms with van der Waals surface area (Å²) in [6.45, 7) is 10.0. The Hall–Kier alpha value is -1.14. The summed E-state index contributed by atoms with van der Waals surface area (Å²) >= 11 is 0. The Labute approximate surface area is 205 Å². The smallest absolute Gasteiger partial charge is 0.245 e. The molecule has 3 atom stereocenters. The van der Waals surface area contributed by atoms with Gasteiger partial charge in [-0.3, -0.25) is 14.5 Å². The van der Waals surface area contributed by atoms with Crippen LogP contribution >= 0.6 is 0 Å². The maximum atomic E-state index is 14.0. The van der Waals surface area contributed by atoms with Gasteiger partial charge in [0, 0.05) is 39.3 Å². The van der Waals surface area contributed by atoms with E-state index in [-0.39, 0.29) is 17.4 Å². The van der Waals surface area contributed by atoms with Gasteiger partial charge in [0.15, 0.2) is 0 Å². The van der Waals surface area contributed by atoms with Crippen molar-refractivity contribution >= 4 is 11.8 Å². The molecule has 7 fully saturated rings. The van der Waals surface area contributed by atoms with Crippen molar-refractivity contribution in [2.45, 2.75) is 96.3 Å². The van der Waals surface area contributed by atoms with Crippen molar-refractivity contribution in [3.63, 3.8) is 0 Å². The van der Waals surface area contributed by atoms with Crippen molar-refractivity contribution in [1.82, 2.24) is 14.7 Å². The lowest BCUT2D eigenvalue weighted by molar-refractivity contribution is -0.162. The van der Waals surface area contributed by atoms with Gasteiger partial charge >= 0.3 is 0 Å². The van der Waals surface area contributed by atoms with Gasteiger partial charge in [-0.05, 0) is 102 Å². The number of piperidine rings is 1. The molecular weight excluding hydrogens is 426 g/mol. The fraction of sp³-hybridized carbons (Fsp3) is 0.929. The number of ether oxygens (including phenoxy) is 1. The number of hydrogen-bond donors (Lipinski definition) is 0. The summed E-state index contributed by atoms with van der Waals surface area (Å²) in [5.41, 5.74) is -0.128. The molecular formula is C28H45N3O3. The molecule has 0 aromatic carbocycles. The monoisotopic (exact) mass is 471 g/mol. The second-order valence-corrected chi connectivity index (χ2v) is 13.1. The van der Waals surface area contributed by atoms with Crippen LogP contribution in [0.15, 0.2) is 0 Å². The van der Waals surface area contributed by atoms with Gasteiger partial charge in [0.25, 0.3) is 0 Å². The van der Waals surface area contributed by atoms with E-state index in [1.165, 1.54) is 19.3 Å². The standard InChI is InChI=1S/C28H45N3O3/c1-19-16-29(17-20(2)34-19)18-21-5-8-30(9-6-21)26(32)25-4-3-7-31(25)27(33)28-13-22-10-23(14-28)12-24(11-22)15-28/h19-25H,3-18H2,1-2H3. The predicted octanol–water partition coefficient (Wildman–Crippen LogP) is 3.54. The third-order valence-corrected chi connectivity index (χ3v) is 10.2. The molecule has 0 N–H and O–H groups in total. The number of carbonyl (C=O) groups excluding carboxylic acids is 2. The Balaban J connectivity index is 1.05. The molecule has 3 saturated heterocycles. The molecule has 3 unspecified atom stereocenters. The fourth-order valence-corrected chi connectivity index (χ4v) is 9.29. The number of hydrogen-bond acceptors (Lipinski definition) is 4. The van der Waals surface area contributed by atoms with E-state index in [0.717, 1.165) is 102 Å². The molecule has 190 valence electrons. The summed E-state index contributed by atoms with van der Waals surface area (Å²) in [5.74, 6) is 3.56. The van der Waals surface area contributed by atoms with Crippen LogP contribution in [0.4, 0.5) is 0 Å². The lowest BCUT2D eigenvalue weighted by atomic mass is 9.49. The SMILES string of the molecule is CC1CN(CC2CCN(C(=O)C3CCCN3C(=O)C34CC5CC(CC(C5)C3)C4)CC2)CC(C)O1. The minimum atomic E-state index is -0.196. The van der Waals surface area contributed by atoms with Gasteiger partial charge < -0.3 is 14.5 Å². The molecule has 4 saturated carbocycles. The van der Waals surface area contributed by atoms with Crippen LogP contribution in [-0.4, -0.2) is 84.0 Å². The number of amides is 2. The van der Waals surface area contributed by atoms with Crippen LogP contribution < -0.4 is 0 Å². The predicted molar refractivity (Wildman–Crippen MR) is 131 cm³/mol. The Morgan fingerprint density at radius 1 is 0.853 bits per heavy atom. The fourth-order valence-electron chi connectivity index (χ4n) is 9.29. The molecule has 34 heavy (non-hydrogen) atoms. The van der Waals surface area contributed by atoms with Crippen LogP contribution in [0.25, 0.3) is 0 Å². The molecule has 4 bridgehead atoms. The lowest BCUT2D eigenvalue weighted by Crippen LogP contribution is -2.58. The van der Waals surface area contributed by atoms with Crippen molar-refractivity contribution < 1.29 is 14.3 Å². The van der Waals surface area contributed by atoms with Crippen molar-refractivity contribution in [3.05, 3.63) is 0 Å². The van der Waals surface area contributed by atoms with E-state index in [0.29, 0.717) is 24.0 Å². The largest absolute Gasteiger partial charge is 0.373 e. The normalized spacial score (nSPS) is 43.0. The first kappa shape index (κ1) is 23.3. The van der Waals surface area contributed by atoms with Crippen LogP contribution in [0.3, 0.4) is 0 Å². The molecule has 0 aromatic rings.